The van der Waals surface area contributed by atoms with Crippen LogP contribution in [0.3, 0.4) is 0 Å². The van der Waals surface area contributed by atoms with Crippen molar-refractivity contribution in [2.45, 2.75) is 13.0 Å². The fourth-order valence-corrected chi connectivity index (χ4v) is 1.77. The Morgan fingerprint density at radius 1 is 1.29 bits per heavy atom. The number of nitrogens with two attached hydrogens (primary N) is 2. The van der Waals surface area contributed by atoms with Gasteiger partial charge in [-0.15, -0.1) is 0 Å². The van der Waals surface area contributed by atoms with Crippen molar-refractivity contribution in [2.75, 3.05) is 5.73 Å². The predicted molar refractivity (Wildman–Crippen MR) is 68.7 cm³/mol. The first-order valence-electron chi connectivity index (χ1n) is 5.17. The Kier molecular flexibility index (Phi) is 3.26. The molecule has 0 amide bonds. The first-order valence-corrected chi connectivity index (χ1v) is 5.55. The van der Waals surface area contributed by atoms with Crippen molar-refractivity contribution in [1.29, 1.82) is 0 Å². The standard InChI is InChI=1S/C12H13ClN4/c1-7-2-3-16-10(4-7)11(14)9-5-8(13)6-17-12(9)15/h2-6,11H,14H2,1H3,(H2,15,17). The predicted octanol–water partition coefficient (Wildman–Crippen LogP) is 2.07. The summed E-state index contributed by atoms with van der Waals surface area (Å²) >= 11 is 5.89. The molecule has 0 saturated carbocycles. The maximum atomic E-state index is 6.11. The number of halogens is 1. The zero-order chi connectivity index (χ0) is 12.4. The van der Waals surface area contributed by atoms with Gasteiger partial charge in [0.15, 0.2) is 0 Å². The summed E-state index contributed by atoms with van der Waals surface area (Å²) in [6.45, 7) is 1.98. The van der Waals surface area contributed by atoms with E-state index in [4.69, 9.17) is 23.1 Å². The van der Waals surface area contributed by atoms with Crippen molar-refractivity contribution >= 4 is 17.4 Å². The minimum Gasteiger partial charge on any atom is -0.383 e. The zero-order valence-electron chi connectivity index (χ0n) is 9.39. The molecule has 1 atom stereocenters. The molecule has 0 aromatic carbocycles. The van der Waals surface area contributed by atoms with E-state index in [1.807, 2.05) is 19.1 Å². The number of hydrogen-bond acceptors (Lipinski definition) is 4. The van der Waals surface area contributed by atoms with Crippen LogP contribution < -0.4 is 11.5 Å². The Balaban J connectivity index is 2.43. The Hall–Kier alpha value is -1.65. The lowest BCUT2D eigenvalue weighted by Crippen LogP contribution is -2.16. The maximum Gasteiger partial charge on any atom is 0.128 e. The minimum absolute atomic E-state index is 0.380. The summed E-state index contributed by atoms with van der Waals surface area (Å²) in [5, 5.41) is 0.511. The van der Waals surface area contributed by atoms with E-state index < -0.39 is 6.04 Å². The number of nitrogen functional groups attached to an aromatic ring is 1. The molecule has 2 aromatic heterocycles. The lowest BCUT2D eigenvalue weighted by Gasteiger charge is -2.13. The lowest BCUT2D eigenvalue weighted by molar-refractivity contribution is 0.824. The van der Waals surface area contributed by atoms with Crippen molar-refractivity contribution in [1.82, 2.24) is 9.97 Å². The van der Waals surface area contributed by atoms with Crippen LogP contribution in [0.1, 0.15) is 22.9 Å². The normalized spacial score (nSPS) is 12.4. The molecule has 17 heavy (non-hydrogen) atoms. The van der Waals surface area contributed by atoms with E-state index in [2.05, 4.69) is 9.97 Å². The summed E-state index contributed by atoms with van der Waals surface area (Å²) in [4.78, 5) is 8.22. The second-order valence-corrected chi connectivity index (χ2v) is 4.30. The van der Waals surface area contributed by atoms with Crippen molar-refractivity contribution in [2.24, 2.45) is 5.73 Å². The molecule has 5 heteroatoms. The van der Waals surface area contributed by atoms with Gasteiger partial charge in [-0.05, 0) is 30.7 Å². The van der Waals surface area contributed by atoms with Crippen LogP contribution in [-0.2, 0) is 0 Å². The Labute approximate surface area is 105 Å². The molecule has 0 radical (unpaired) electrons. The molecule has 4 nitrogen and oxygen atoms in total. The molecule has 0 aliphatic rings. The van der Waals surface area contributed by atoms with Gasteiger partial charge in [0, 0.05) is 18.0 Å². The van der Waals surface area contributed by atoms with E-state index in [-0.39, 0.29) is 0 Å². The van der Waals surface area contributed by atoms with Gasteiger partial charge in [-0.2, -0.15) is 0 Å². The van der Waals surface area contributed by atoms with Gasteiger partial charge in [0.2, 0.25) is 0 Å². The van der Waals surface area contributed by atoms with Crippen LogP contribution in [0.15, 0.2) is 30.6 Å². The van der Waals surface area contributed by atoms with E-state index in [0.717, 1.165) is 11.3 Å². The molecule has 88 valence electrons. The number of aromatic nitrogens is 2. The van der Waals surface area contributed by atoms with Gasteiger partial charge >= 0.3 is 0 Å². The summed E-state index contributed by atoms with van der Waals surface area (Å²) < 4.78 is 0. The highest BCUT2D eigenvalue weighted by Crippen LogP contribution is 2.24. The number of aryl methyl sites for hydroxylation is 1. The fraction of sp³-hybridized carbons (Fsp3) is 0.167. The highest BCUT2D eigenvalue weighted by Gasteiger charge is 2.14. The van der Waals surface area contributed by atoms with E-state index in [9.17, 15) is 0 Å². The third-order valence-corrected chi connectivity index (χ3v) is 2.71. The molecule has 0 aliphatic carbocycles. The Morgan fingerprint density at radius 2 is 2.06 bits per heavy atom. The summed E-state index contributed by atoms with van der Waals surface area (Å²) in [6, 6.07) is 5.14. The molecular formula is C12H13ClN4. The molecule has 0 bridgehead atoms. The van der Waals surface area contributed by atoms with Crippen LogP contribution in [0.5, 0.6) is 0 Å². The lowest BCUT2D eigenvalue weighted by atomic mass is 10.0. The summed E-state index contributed by atoms with van der Waals surface area (Å²) in [6.07, 6.45) is 3.22. The largest absolute Gasteiger partial charge is 0.383 e. The van der Waals surface area contributed by atoms with Gasteiger partial charge in [0.1, 0.15) is 5.82 Å². The van der Waals surface area contributed by atoms with Gasteiger partial charge in [-0.25, -0.2) is 4.98 Å². The van der Waals surface area contributed by atoms with Crippen LogP contribution in [0.4, 0.5) is 5.82 Å². The molecule has 0 saturated heterocycles. The summed E-state index contributed by atoms with van der Waals surface area (Å²) in [5.74, 6) is 0.380. The smallest absolute Gasteiger partial charge is 0.128 e. The van der Waals surface area contributed by atoms with Crippen molar-refractivity contribution in [3.05, 3.63) is 52.4 Å². The highest BCUT2D eigenvalue weighted by atomic mass is 35.5. The molecule has 2 aromatic rings. The minimum atomic E-state index is -0.416. The molecule has 4 N–H and O–H groups in total. The zero-order valence-corrected chi connectivity index (χ0v) is 10.1. The van der Waals surface area contributed by atoms with E-state index >= 15 is 0 Å². The van der Waals surface area contributed by atoms with E-state index in [0.29, 0.717) is 16.4 Å². The number of anilines is 1. The molecule has 0 spiro atoms. The summed E-state index contributed by atoms with van der Waals surface area (Å²) in [7, 11) is 0. The topological polar surface area (TPSA) is 77.8 Å². The van der Waals surface area contributed by atoms with Crippen molar-refractivity contribution in [3.8, 4) is 0 Å². The average molecular weight is 249 g/mol. The van der Waals surface area contributed by atoms with Gasteiger partial charge in [0.05, 0.1) is 16.8 Å². The highest BCUT2D eigenvalue weighted by molar-refractivity contribution is 6.30. The third kappa shape index (κ3) is 2.54. The van der Waals surface area contributed by atoms with Gasteiger partial charge in [0.25, 0.3) is 0 Å². The van der Waals surface area contributed by atoms with Gasteiger partial charge in [-0.3, -0.25) is 4.98 Å². The molecule has 0 aliphatic heterocycles. The number of rotatable bonds is 2. The quantitative estimate of drug-likeness (QED) is 0.853. The maximum absolute atomic E-state index is 6.11. The van der Waals surface area contributed by atoms with Crippen LogP contribution in [0.2, 0.25) is 5.02 Å². The number of hydrogen-bond donors (Lipinski definition) is 2. The van der Waals surface area contributed by atoms with Gasteiger partial charge in [-0.1, -0.05) is 11.6 Å². The monoisotopic (exact) mass is 248 g/mol. The molecular weight excluding hydrogens is 236 g/mol. The first-order chi connectivity index (χ1) is 8.08. The van der Waals surface area contributed by atoms with E-state index in [1.54, 1.807) is 12.3 Å². The van der Waals surface area contributed by atoms with Crippen LogP contribution in [-0.4, -0.2) is 9.97 Å². The molecule has 2 heterocycles. The van der Waals surface area contributed by atoms with E-state index in [1.165, 1.54) is 6.20 Å². The average Bonchev–Trinajstić information content (AvgIpc) is 2.31. The second-order valence-electron chi connectivity index (χ2n) is 3.86. The molecule has 0 fully saturated rings. The molecule has 1 unspecified atom stereocenters. The van der Waals surface area contributed by atoms with Crippen LogP contribution in [0.25, 0.3) is 0 Å². The van der Waals surface area contributed by atoms with Crippen LogP contribution in [0, 0.1) is 6.92 Å². The Morgan fingerprint density at radius 3 is 2.76 bits per heavy atom. The van der Waals surface area contributed by atoms with Crippen LogP contribution >= 0.6 is 11.6 Å². The Bertz CT molecular complexity index is 542. The van der Waals surface area contributed by atoms with Crippen molar-refractivity contribution in [3.63, 3.8) is 0 Å². The third-order valence-electron chi connectivity index (χ3n) is 2.51. The summed E-state index contributed by atoms with van der Waals surface area (Å²) in [5.41, 5.74) is 14.4. The SMILES string of the molecule is Cc1ccnc(C(N)c2cc(Cl)cnc2N)c1. The van der Waals surface area contributed by atoms with Gasteiger partial charge < -0.3 is 11.5 Å². The molecule has 2 rings (SSSR count). The second kappa shape index (κ2) is 4.69. The van der Waals surface area contributed by atoms with Crippen molar-refractivity contribution < 1.29 is 0 Å². The first kappa shape index (κ1) is 11.8. The fourth-order valence-electron chi connectivity index (χ4n) is 1.60. The number of nitrogens with zero attached hydrogens (tertiary/aromatic N) is 2. The number of pyridine rings is 2.